The van der Waals surface area contributed by atoms with Crippen LogP contribution in [0.3, 0.4) is 0 Å². The Morgan fingerprint density at radius 2 is 1.81 bits per heavy atom. The van der Waals surface area contributed by atoms with Crippen molar-refractivity contribution in [3.63, 3.8) is 0 Å². The van der Waals surface area contributed by atoms with Crippen LogP contribution in [-0.4, -0.2) is 44.5 Å². The zero-order valence-electron chi connectivity index (χ0n) is 15.8. The molecule has 0 aliphatic rings. The number of hydrogen-bond acceptors (Lipinski definition) is 3. The van der Waals surface area contributed by atoms with Crippen LogP contribution in [0.25, 0.3) is 0 Å². The number of methoxy groups -OCH3 is 1. The second-order valence-electron chi connectivity index (χ2n) is 6.10. The van der Waals surface area contributed by atoms with Crippen molar-refractivity contribution in [3.8, 4) is 5.75 Å². The van der Waals surface area contributed by atoms with Crippen LogP contribution in [0.5, 0.6) is 5.75 Å². The van der Waals surface area contributed by atoms with E-state index >= 15 is 0 Å². The van der Waals surface area contributed by atoms with Crippen LogP contribution in [0.15, 0.2) is 53.5 Å². The van der Waals surface area contributed by atoms with Gasteiger partial charge in [0.05, 0.1) is 20.2 Å². The van der Waals surface area contributed by atoms with Crippen molar-refractivity contribution >= 4 is 11.9 Å². The summed E-state index contributed by atoms with van der Waals surface area (Å²) in [5.41, 5.74) is 1.51. The molecule has 0 saturated heterocycles. The first-order valence-corrected chi connectivity index (χ1v) is 8.58. The Bertz CT molecular complexity index is 776. The summed E-state index contributed by atoms with van der Waals surface area (Å²) in [4.78, 5) is 17.8. The molecule has 0 unspecified atom stereocenters. The lowest BCUT2D eigenvalue weighted by Crippen LogP contribution is -2.42. The molecule has 2 rings (SSSR count). The number of carbonyl (C=O) groups excluding carboxylic acids is 1. The van der Waals surface area contributed by atoms with Gasteiger partial charge in [0.25, 0.3) is 0 Å². The maximum absolute atomic E-state index is 13.8. The van der Waals surface area contributed by atoms with Crippen molar-refractivity contribution < 1.29 is 13.9 Å². The van der Waals surface area contributed by atoms with E-state index in [9.17, 15) is 9.18 Å². The lowest BCUT2D eigenvalue weighted by atomic mass is 10.2. The molecule has 0 spiro atoms. The van der Waals surface area contributed by atoms with E-state index in [-0.39, 0.29) is 24.8 Å². The van der Waals surface area contributed by atoms with Crippen LogP contribution in [-0.2, 0) is 17.9 Å². The number of halogens is 1. The summed E-state index contributed by atoms with van der Waals surface area (Å²) in [6.45, 7) is 0.767. The number of nitrogens with zero attached hydrogens (tertiary/aromatic N) is 2. The fourth-order valence-corrected chi connectivity index (χ4v) is 2.21. The molecule has 7 heteroatoms. The predicted octanol–water partition coefficient (Wildman–Crippen LogP) is 2.16. The maximum atomic E-state index is 13.8. The van der Waals surface area contributed by atoms with Gasteiger partial charge in [0, 0.05) is 26.2 Å². The number of guanidine groups is 1. The molecule has 0 radical (unpaired) electrons. The molecule has 144 valence electrons. The number of hydrogen-bond donors (Lipinski definition) is 2. The van der Waals surface area contributed by atoms with Gasteiger partial charge in [-0.25, -0.2) is 9.38 Å². The highest BCUT2D eigenvalue weighted by Crippen LogP contribution is 2.12. The average Bonchev–Trinajstić information content (AvgIpc) is 2.68. The Hall–Kier alpha value is -3.09. The van der Waals surface area contributed by atoms with Crippen LogP contribution < -0.4 is 15.4 Å². The summed E-state index contributed by atoms with van der Waals surface area (Å²) in [5.74, 6) is 0.836. The first-order chi connectivity index (χ1) is 13.0. The van der Waals surface area contributed by atoms with Crippen molar-refractivity contribution in [2.24, 2.45) is 4.99 Å². The summed E-state index contributed by atoms with van der Waals surface area (Å²) in [7, 11) is 4.99. The largest absolute Gasteiger partial charge is 0.497 e. The van der Waals surface area contributed by atoms with E-state index in [1.54, 1.807) is 39.4 Å². The predicted molar refractivity (Wildman–Crippen MR) is 104 cm³/mol. The quantitative estimate of drug-likeness (QED) is 0.577. The summed E-state index contributed by atoms with van der Waals surface area (Å²) in [5, 5.41) is 6.05. The summed E-state index contributed by atoms with van der Waals surface area (Å²) in [6.07, 6.45) is 0. The van der Waals surface area contributed by atoms with E-state index in [0.29, 0.717) is 18.1 Å². The molecule has 0 aliphatic carbocycles. The van der Waals surface area contributed by atoms with Crippen LogP contribution >= 0.6 is 0 Å². The molecule has 0 atom stereocenters. The molecule has 2 aromatic rings. The summed E-state index contributed by atoms with van der Waals surface area (Å²) in [6, 6.07) is 14.1. The molecule has 0 aliphatic heterocycles. The van der Waals surface area contributed by atoms with E-state index in [2.05, 4.69) is 15.6 Å². The van der Waals surface area contributed by atoms with E-state index in [0.717, 1.165) is 11.3 Å². The van der Waals surface area contributed by atoms with E-state index in [1.807, 2.05) is 24.3 Å². The third kappa shape index (κ3) is 6.62. The van der Waals surface area contributed by atoms with E-state index < -0.39 is 0 Å². The minimum atomic E-state index is -0.288. The number of ether oxygens (including phenoxy) is 1. The molecule has 0 saturated carbocycles. The molecular weight excluding hydrogens is 347 g/mol. The fraction of sp³-hybridized carbons (Fsp3) is 0.300. The first-order valence-electron chi connectivity index (χ1n) is 8.58. The number of aliphatic imine (C=N–C) groups is 1. The molecule has 27 heavy (non-hydrogen) atoms. The number of carbonyl (C=O) groups is 1. The zero-order valence-corrected chi connectivity index (χ0v) is 15.8. The average molecular weight is 372 g/mol. The lowest BCUT2D eigenvalue weighted by Gasteiger charge is -2.15. The molecule has 0 heterocycles. The van der Waals surface area contributed by atoms with E-state index in [1.165, 1.54) is 11.0 Å². The van der Waals surface area contributed by atoms with Gasteiger partial charge in [0.1, 0.15) is 11.6 Å². The molecular formula is C20H25FN4O2. The van der Waals surface area contributed by atoms with Crippen molar-refractivity contribution in [1.29, 1.82) is 0 Å². The maximum Gasteiger partial charge on any atom is 0.241 e. The molecule has 6 nitrogen and oxygen atoms in total. The van der Waals surface area contributed by atoms with Crippen LogP contribution in [0.4, 0.5) is 4.39 Å². The number of nitrogens with one attached hydrogen (secondary N) is 2. The Balaban J connectivity index is 2.04. The molecule has 2 N–H and O–H groups in total. The van der Waals surface area contributed by atoms with Crippen LogP contribution in [0.2, 0.25) is 0 Å². The number of likely N-dealkylation sites (N-methyl/N-ethyl adjacent to an activating group) is 1. The topological polar surface area (TPSA) is 66.0 Å². The SMILES string of the molecule is COc1ccc(CN=C(NCC(=O)N(C)C)NCc2ccccc2F)cc1. The molecule has 1 amide bonds. The van der Waals surface area contributed by atoms with Gasteiger partial charge in [-0.05, 0) is 23.8 Å². The van der Waals surface area contributed by atoms with Crippen molar-refractivity contribution in [3.05, 3.63) is 65.5 Å². The number of benzene rings is 2. The van der Waals surface area contributed by atoms with Crippen molar-refractivity contribution in [1.82, 2.24) is 15.5 Å². The second-order valence-corrected chi connectivity index (χ2v) is 6.10. The Labute approximate surface area is 159 Å². The smallest absolute Gasteiger partial charge is 0.241 e. The Morgan fingerprint density at radius 3 is 2.44 bits per heavy atom. The number of rotatable bonds is 7. The lowest BCUT2D eigenvalue weighted by molar-refractivity contribution is -0.127. The highest BCUT2D eigenvalue weighted by atomic mass is 19.1. The number of amides is 1. The normalized spacial score (nSPS) is 11.0. The third-order valence-corrected chi connectivity index (χ3v) is 3.89. The van der Waals surface area contributed by atoms with Crippen molar-refractivity contribution in [2.75, 3.05) is 27.7 Å². The summed E-state index contributed by atoms with van der Waals surface area (Å²) >= 11 is 0. The highest BCUT2D eigenvalue weighted by molar-refractivity contribution is 5.86. The van der Waals surface area contributed by atoms with Crippen molar-refractivity contribution in [2.45, 2.75) is 13.1 Å². The second kappa shape index (κ2) is 10.2. The van der Waals surface area contributed by atoms with Crippen LogP contribution in [0, 0.1) is 5.82 Å². The summed E-state index contributed by atoms with van der Waals surface area (Å²) < 4.78 is 19.0. The molecule has 0 fully saturated rings. The highest BCUT2D eigenvalue weighted by Gasteiger charge is 2.07. The van der Waals surface area contributed by atoms with Gasteiger partial charge in [-0.15, -0.1) is 0 Å². The molecule has 2 aromatic carbocycles. The van der Waals surface area contributed by atoms with Gasteiger partial charge in [-0.1, -0.05) is 30.3 Å². The van der Waals surface area contributed by atoms with Gasteiger partial charge in [-0.3, -0.25) is 4.79 Å². The van der Waals surface area contributed by atoms with Gasteiger partial charge in [0.15, 0.2) is 5.96 Å². The van der Waals surface area contributed by atoms with E-state index in [4.69, 9.17) is 4.74 Å². The van der Waals surface area contributed by atoms with Gasteiger partial charge in [0.2, 0.25) is 5.91 Å². The molecule has 0 aromatic heterocycles. The Kier molecular flexibility index (Phi) is 7.61. The van der Waals surface area contributed by atoms with Gasteiger partial charge in [-0.2, -0.15) is 0 Å². The fourth-order valence-electron chi connectivity index (χ4n) is 2.21. The minimum absolute atomic E-state index is 0.0835. The minimum Gasteiger partial charge on any atom is -0.497 e. The standard InChI is InChI=1S/C20H25FN4O2/c1-25(2)19(26)14-24-20(23-13-16-6-4-5-7-18(16)21)22-12-15-8-10-17(27-3)11-9-15/h4-11H,12-14H2,1-3H3,(H2,22,23,24). The molecule has 0 bridgehead atoms. The van der Waals surface area contributed by atoms with Gasteiger partial charge >= 0.3 is 0 Å². The first kappa shape index (κ1) is 20.2. The van der Waals surface area contributed by atoms with Gasteiger partial charge < -0.3 is 20.3 Å². The zero-order chi connectivity index (χ0) is 19.6. The van der Waals surface area contributed by atoms with Crippen LogP contribution in [0.1, 0.15) is 11.1 Å². The Morgan fingerprint density at radius 1 is 1.11 bits per heavy atom. The monoisotopic (exact) mass is 372 g/mol. The third-order valence-electron chi connectivity index (χ3n) is 3.89.